The number of hydrogen-bond acceptors (Lipinski definition) is 2. The van der Waals surface area contributed by atoms with Crippen molar-refractivity contribution < 1.29 is 4.79 Å². The number of amides is 1. The molecule has 1 saturated carbocycles. The van der Waals surface area contributed by atoms with E-state index in [1.54, 1.807) is 0 Å². The maximum Gasteiger partial charge on any atom is 0.235 e. The fourth-order valence-corrected chi connectivity index (χ4v) is 2.56. The highest BCUT2D eigenvalue weighted by Crippen LogP contribution is 2.48. The molecule has 20 heavy (non-hydrogen) atoms. The molecule has 0 spiro atoms. The smallest absolute Gasteiger partial charge is 0.235 e. The van der Waals surface area contributed by atoms with Crippen LogP contribution in [-0.4, -0.2) is 5.91 Å². The van der Waals surface area contributed by atoms with Crippen molar-refractivity contribution in [1.82, 2.24) is 0 Å². The Balaban J connectivity index is 1.80. The van der Waals surface area contributed by atoms with Gasteiger partial charge >= 0.3 is 0 Å². The largest absolute Gasteiger partial charge is 0.326 e. The SMILES string of the molecule is NCc1cccc(NC(=O)C2(c3ccccc3)CC2)c1. The number of carbonyl (C=O) groups is 1. The average Bonchev–Trinajstić information content (AvgIpc) is 3.30. The van der Waals surface area contributed by atoms with Crippen molar-refractivity contribution in [3.05, 3.63) is 65.7 Å². The predicted molar refractivity (Wildman–Crippen MR) is 80.3 cm³/mol. The van der Waals surface area contributed by atoms with E-state index in [0.29, 0.717) is 6.54 Å². The molecule has 0 radical (unpaired) electrons. The lowest BCUT2D eigenvalue weighted by Crippen LogP contribution is -2.27. The van der Waals surface area contributed by atoms with Crippen LogP contribution in [0.4, 0.5) is 5.69 Å². The standard InChI is InChI=1S/C17H18N2O/c18-12-13-5-4-8-15(11-13)19-16(20)17(9-10-17)14-6-2-1-3-7-14/h1-8,11H,9-10,12,18H2,(H,19,20). The molecule has 0 bridgehead atoms. The van der Waals surface area contributed by atoms with E-state index < -0.39 is 0 Å². The molecule has 3 nitrogen and oxygen atoms in total. The maximum absolute atomic E-state index is 12.6. The van der Waals surface area contributed by atoms with Crippen LogP contribution in [0, 0.1) is 0 Å². The fourth-order valence-electron chi connectivity index (χ4n) is 2.56. The first-order valence-corrected chi connectivity index (χ1v) is 6.91. The third-order valence-electron chi connectivity index (χ3n) is 3.93. The van der Waals surface area contributed by atoms with E-state index in [9.17, 15) is 4.79 Å². The second kappa shape index (κ2) is 5.10. The lowest BCUT2D eigenvalue weighted by atomic mass is 9.95. The molecule has 102 valence electrons. The molecule has 0 aliphatic heterocycles. The van der Waals surface area contributed by atoms with Crippen molar-refractivity contribution in [2.75, 3.05) is 5.32 Å². The van der Waals surface area contributed by atoms with E-state index in [4.69, 9.17) is 5.73 Å². The molecule has 1 amide bonds. The molecule has 0 saturated heterocycles. The molecule has 0 aromatic heterocycles. The fraction of sp³-hybridized carbons (Fsp3) is 0.235. The van der Waals surface area contributed by atoms with Gasteiger partial charge in [0.05, 0.1) is 5.41 Å². The summed E-state index contributed by atoms with van der Waals surface area (Å²) < 4.78 is 0. The van der Waals surface area contributed by atoms with Gasteiger partial charge in [-0.2, -0.15) is 0 Å². The second-order valence-corrected chi connectivity index (χ2v) is 5.31. The second-order valence-electron chi connectivity index (χ2n) is 5.31. The van der Waals surface area contributed by atoms with Crippen LogP contribution in [0.25, 0.3) is 0 Å². The van der Waals surface area contributed by atoms with Gasteiger partial charge in [0.15, 0.2) is 0 Å². The summed E-state index contributed by atoms with van der Waals surface area (Å²) >= 11 is 0. The van der Waals surface area contributed by atoms with Gasteiger partial charge < -0.3 is 11.1 Å². The molecular weight excluding hydrogens is 248 g/mol. The Kier molecular flexibility index (Phi) is 3.28. The molecule has 1 aliphatic rings. The van der Waals surface area contributed by atoms with E-state index >= 15 is 0 Å². The summed E-state index contributed by atoms with van der Waals surface area (Å²) in [5.41, 5.74) is 8.24. The number of anilines is 1. The van der Waals surface area contributed by atoms with Gasteiger partial charge in [-0.1, -0.05) is 42.5 Å². The molecule has 2 aromatic rings. The lowest BCUT2D eigenvalue weighted by Gasteiger charge is -2.16. The number of nitrogens with two attached hydrogens (primary N) is 1. The summed E-state index contributed by atoms with van der Waals surface area (Å²) in [5.74, 6) is 0.0814. The van der Waals surface area contributed by atoms with Gasteiger partial charge in [0.25, 0.3) is 0 Å². The quantitative estimate of drug-likeness (QED) is 0.894. The first kappa shape index (κ1) is 12.9. The van der Waals surface area contributed by atoms with E-state index in [1.165, 1.54) is 0 Å². The minimum absolute atomic E-state index is 0.0814. The Hall–Kier alpha value is -2.13. The maximum atomic E-state index is 12.6. The molecular formula is C17H18N2O. The summed E-state index contributed by atoms with van der Waals surface area (Å²) in [6.07, 6.45) is 1.83. The van der Waals surface area contributed by atoms with Gasteiger partial charge in [0.1, 0.15) is 0 Å². The summed E-state index contributed by atoms with van der Waals surface area (Å²) in [7, 11) is 0. The Morgan fingerprint density at radius 3 is 2.50 bits per heavy atom. The molecule has 3 heteroatoms. The van der Waals surface area contributed by atoms with Crippen LogP contribution < -0.4 is 11.1 Å². The van der Waals surface area contributed by atoms with Crippen LogP contribution in [0.5, 0.6) is 0 Å². The Morgan fingerprint density at radius 2 is 1.85 bits per heavy atom. The number of carbonyl (C=O) groups excluding carboxylic acids is 1. The summed E-state index contributed by atoms with van der Waals surface area (Å²) in [4.78, 5) is 12.6. The van der Waals surface area contributed by atoms with Crippen molar-refractivity contribution in [3.63, 3.8) is 0 Å². The van der Waals surface area contributed by atoms with Gasteiger partial charge in [-0.25, -0.2) is 0 Å². The minimum Gasteiger partial charge on any atom is -0.326 e. The zero-order valence-corrected chi connectivity index (χ0v) is 11.3. The first-order valence-electron chi connectivity index (χ1n) is 6.91. The van der Waals surface area contributed by atoms with E-state index in [1.807, 2.05) is 54.6 Å². The zero-order chi connectivity index (χ0) is 14.0. The topological polar surface area (TPSA) is 55.1 Å². The lowest BCUT2D eigenvalue weighted by molar-refractivity contribution is -0.118. The van der Waals surface area contributed by atoms with Crippen molar-refractivity contribution in [3.8, 4) is 0 Å². The molecule has 0 atom stereocenters. The predicted octanol–water partition coefficient (Wildman–Crippen LogP) is 2.82. The van der Waals surface area contributed by atoms with Gasteiger partial charge in [-0.05, 0) is 36.1 Å². The van der Waals surface area contributed by atoms with Crippen LogP contribution in [0.3, 0.4) is 0 Å². The molecule has 1 fully saturated rings. The summed E-state index contributed by atoms with van der Waals surface area (Å²) in [6, 6.07) is 17.7. The van der Waals surface area contributed by atoms with Crippen LogP contribution in [0.1, 0.15) is 24.0 Å². The van der Waals surface area contributed by atoms with Crippen molar-refractivity contribution in [2.24, 2.45) is 5.73 Å². The minimum atomic E-state index is -0.333. The van der Waals surface area contributed by atoms with Crippen molar-refractivity contribution >= 4 is 11.6 Å². The Labute approximate surface area is 118 Å². The molecule has 3 rings (SSSR count). The van der Waals surface area contributed by atoms with Crippen LogP contribution in [-0.2, 0) is 16.8 Å². The Bertz CT molecular complexity index is 618. The highest BCUT2D eigenvalue weighted by Gasteiger charge is 2.51. The van der Waals surface area contributed by atoms with E-state index in [0.717, 1.165) is 29.7 Å². The average molecular weight is 266 g/mol. The number of hydrogen-bond donors (Lipinski definition) is 2. The molecule has 0 unspecified atom stereocenters. The van der Waals surface area contributed by atoms with Gasteiger partial charge in [0, 0.05) is 12.2 Å². The number of rotatable bonds is 4. The third kappa shape index (κ3) is 2.32. The number of nitrogens with one attached hydrogen (secondary N) is 1. The highest BCUT2D eigenvalue weighted by molar-refractivity contribution is 6.01. The molecule has 0 heterocycles. The monoisotopic (exact) mass is 266 g/mol. The van der Waals surface area contributed by atoms with Crippen LogP contribution in [0.15, 0.2) is 54.6 Å². The van der Waals surface area contributed by atoms with Crippen molar-refractivity contribution in [2.45, 2.75) is 24.8 Å². The van der Waals surface area contributed by atoms with E-state index in [-0.39, 0.29) is 11.3 Å². The van der Waals surface area contributed by atoms with Crippen molar-refractivity contribution in [1.29, 1.82) is 0 Å². The number of benzene rings is 2. The van der Waals surface area contributed by atoms with Gasteiger partial charge in [0.2, 0.25) is 5.91 Å². The van der Waals surface area contributed by atoms with Gasteiger partial charge in [-0.3, -0.25) is 4.79 Å². The molecule has 1 aliphatic carbocycles. The van der Waals surface area contributed by atoms with Crippen LogP contribution in [0.2, 0.25) is 0 Å². The molecule has 3 N–H and O–H groups in total. The third-order valence-corrected chi connectivity index (χ3v) is 3.93. The van der Waals surface area contributed by atoms with Crippen LogP contribution >= 0.6 is 0 Å². The zero-order valence-electron chi connectivity index (χ0n) is 11.3. The Morgan fingerprint density at radius 1 is 1.10 bits per heavy atom. The first-order chi connectivity index (χ1) is 9.74. The highest BCUT2D eigenvalue weighted by atomic mass is 16.2. The summed E-state index contributed by atoms with van der Waals surface area (Å²) in [5, 5.41) is 3.02. The summed E-state index contributed by atoms with van der Waals surface area (Å²) in [6.45, 7) is 0.480. The normalized spacial score (nSPS) is 15.7. The van der Waals surface area contributed by atoms with Gasteiger partial charge in [-0.15, -0.1) is 0 Å². The van der Waals surface area contributed by atoms with E-state index in [2.05, 4.69) is 5.32 Å². The molecule has 2 aromatic carbocycles.